The molecule has 0 heterocycles. The van der Waals surface area contributed by atoms with Gasteiger partial charge in [0.15, 0.2) is 5.92 Å². The summed E-state index contributed by atoms with van der Waals surface area (Å²) >= 11 is 0. The Balaban J connectivity index is 0.00000289. The van der Waals surface area contributed by atoms with E-state index in [9.17, 15) is 22.8 Å². The molecule has 0 bridgehead atoms. The molecule has 0 atom stereocenters. The van der Waals surface area contributed by atoms with Gasteiger partial charge >= 0.3 is 47.7 Å². The number of carboxylic acid groups (broad SMARTS) is 2. The fourth-order valence-electron chi connectivity index (χ4n) is 1.29. The predicted octanol–water partition coefficient (Wildman–Crippen LogP) is 1.31. The van der Waals surface area contributed by atoms with E-state index in [0.717, 1.165) is 18.2 Å². The molecule has 0 fully saturated rings. The van der Waals surface area contributed by atoms with Crippen molar-refractivity contribution in [3.05, 3.63) is 35.4 Å². The van der Waals surface area contributed by atoms with E-state index in [2.05, 4.69) is 0 Å². The van der Waals surface area contributed by atoms with E-state index in [1.165, 1.54) is 0 Å². The number of hydrogen-bond donors (Lipinski definition) is 2. The Bertz CT molecular complexity index is 445. The zero-order chi connectivity index (χ0) is 13.2. The van der Waals surface area contributed by atoms with Crippen LogP contribution in [0.5, 0.6) is 0 Å². The quantitative estimate of drug-likeness (QED) is 0.642. The van der Waals surface area contributed by atoms with Crippen LogP contribution in [0.15, 0.2) is 24.3 Å². The molecule has 1 aromatic rings. The molecular formula is C10H8F3NaO4. The normalized spacial score (nSPS) is 10.9. The van der Waals surface area contributed by atoms with E-state index in [4.69, 9.17) is 10.2 Å². The minimum atomic E-state index is -4.64. The minimum absolute atomic E-state index is 0. The van der Waals surface area contributed by atoms with Crippen molar-refractivity contribution in [1.82, 2.24) is 0 Å². The van der Waals surface area contributed by atoms with Crippen LogP contribution in [0.2, 0.25) is 0 Å². The Kier molecular flexibility index (Phi) is 5.85. The van der Waals surface area contributed by atoms with Crippen molar-refractivity contribution in [2.24, 2.45) is 0 Å². The molecule has 0 saturated carbocycles. The molecule has 0 amide bonds. The van der Waals surface area contributed by atoms with Crippen molar-refractivity contribution in [3.63, 3.8) is 0 Å². The number of benzene rings is 1. The van der Waals surface area contributed by atoms with Gasteiger partial charge in [-0.05, 0) is 11.6 Å². The zero-order valence-corrected chi connectivity index (χ0v) is 8.23. The van der Waals surface area contributed by atoms with Gasteiger partial charge in [-0.1, -0.05) is 18.2 Å². The summed E-state index contributed by atoms with van der Waals surface area (Å²) in [5.74, 6) is -5.43. The summed E-state index contributed by atoms with van der Waals surface area (Å²) in [6, 6.07) is 3.26. The molecule has 0 aliphatic carbocycles. The van der Waals surface area contributed by atoms with Crippen LogP contribution >= 0.6 is 0 Å². The summed E-state index contributed by atoms with van der Waals surface area (Å²) in [6.45, 7) is 0. The standard InChI is InChI=1S/C10H7F3O4.Na.H/c11-10(12,13)6-3-1-2-5(4-6)7(8(14)15)9(16)17;;/h1-4,7H,(H,14,15)(H,16,17);;. The summed E-state index contributed by atoms with van der Waals surface area (Å²) in [6.07, 6.45) is -4.64. The molecule has 0 unspecified atom stereocenters. The van der Waals surface area contributed by atoms with Gasteiger partial charge in [0.05, 0.1) is 5.56 Å². The van der Waals surface area contributed by atoms with Gasteiger partial charge in [0.1, 0.15) is 0 Å². The van der Waals surface area contributed by atoms with Gasteiger partial charge in [0.25, 0.3) is 0 Å². The molecule has 0 radical (unpaired) electrons. The van der Waals surface area contributed by atoms with Crippen LogP contribution in [0, 0.1) is 0 Å². The fourth-order valence-corrected chi connectivity index (χ4v) is 1.29. The van der Waals surface area contributed by atoms with Gasteiger partial charge in [0, 0.05) is 0 Å². The van der Waals surface area contributed by atoms with Crippen LogP contribution in [0.4, 0.5) is 13.2 Å². The summed E-state index contributed by atoms with van der Waals surface area (Å²) in [5.41, 5.74) is -1.50. The Morgan fingerprint density at radius 2 is 1.61 bits per heavy atom. The Morgan fingerprint density at radius 3 is 2.00 bits per heavy atom. The molecular weight excluding hydrogens is 264 g/mol. The second-order valence-electron chi connectivity index (χ2n) is 3.23. The molecule has 4 nitrogen and oxygen atoms in total. The zero-order valence-electron chi connectivity index (χ0n) is 8.23. The van der Waals surface area contributed by atoms with Gasteiger partial charge in [-0.25, -0.2) is 0 Å². The Labute approximate surface area is 122 Å². The third kappa shape index (κ3) is 4.01. The summed E-state index contributed by atoms with van der Waals surface area (Å²) in [7, 11) is 0. The van der Waals surface area contributed by atoms with Gasteiger partial charge in [-0.3, -0.25) is 9.59 Å². The van der Waals surface area contributed by atoms with Crippen LogP contribution < -0.4 is 0 Å². The van der Waals surface area contributed by atoms with E-state index in [1.54, 1.807) is 0 Å². The van der Waals surface area contributed by atoms with Crippen LogP contribution in [-0.4, -0.2) is 51.7 Å². The Hall–Kier alpha value is -1.05. The summed E-state index contributed by atoms with van der Waals surface area (Å²) in [5, 5.41) is 17.3. The third-order valence-corrected chi connectivity index (χ3v) is 2.04. The first-order valence-corrected chi connectivity index (χ1v) is 4.36. The molecule has 0 aromatic heterocycles. The van der Waals surface area contributed by atoms with E-state index in [0.29, 0.717) is 6.07 Å². The van der Waals surface area contributed by atoms with Crippen molar-refractivity contribution < 1.29 is 33.0 Å². The molecule has 2 N–H and O–H groups in total. The van der Waals surface area contributed by atoms with Crippen molar-refractivity contribution in [2.75, 3.05) is 0 Å². The molecule has 94 valence electrons. The van der Waals surface area contributed by atoms with Crippen molar-refractivity contribution in [3.8, 4) is 0 Å². The number of rotatable bonds is 3. The summed E-state index contributed by atoms with van der Waals surface area (Å²) in [4.78, 5) is 21.3. The van der Waals surface area contributed by atoms with Crippen molar-refractivity contribution >= 4 is 41.5 Å². The van der Waals surface area contributed by atoms with Gasteiger partial charge in [0.2, 0.25) is 0 Å². The monoisotopic (exact) mass is 272 g/mol. The number of alkyl halides is 3. The van der Waals surface area contributed by atoms with Crippen LogP contribution in [0.1, 0.15) is 17.0 Å². The predicted molar refractivity (Wildman–Crippen MR) is 56.6 cm³/mol. The molecule has 0 saturated heterocycles. The Morgan fingerprint density at radius 1 is 1.11 bits per heavy atom. The van der Waals surface area contributed by atoms with E-state index >= 15 is 0 Å². The second kappa shape index (κ2) is 6.21. The average Bonchev–Trinajstić information content (AvgIpc) is 2.15. The number of hydrogen-bond acceptors (Lipinski definition) is 2. The van der Waals surface area contributed by atoms with Gasteiger partial charge in [-0.2, -0.15) is 13.2 Å². The maximum absolute atomic E-state index is 12.3. The summed E-state index contributed by atoms with van der Waals surface area (Å²) < 4.78 is 37.0. The molecule has 1 aromatic carbocycles. The first kappa shape index (κ1) is 16.9. The van der Waals surface area contributed by atoms with Crippen LogP contribution in [0.3, 0.4) is 0 Å². The van der Waals surface area contributed by atoms with Crippen molar-refractivity contribution in [1.29, 1.82) is 0 Å². The van der Waals surface area contributed by atoms with Crippen LogP contribution in [0.25, 0.3) is 0 Å². The van der Waals surface area contributed by atoms with Gasteiger partial charge < -0.3 is 10.2 Å². The average molecular weight is 272 g/mol. The van der Waals surface area contributed by atoms with Crippen LogP contribution in [-0.2, 0) is 15.8 Å². The third-order valence-electron chi connectivity index (χ3n) is 2.04. The van der Waals surface area contributed by atoms with E-state index in [-0.39, 0.29) is 29.6 Å². The molecule has 18 heavy (non-hydrogen) atoms. The molecule has 8 heteroatoms. The maximum atomic E-state index is 12.3. The number of halogens is 3. The van der Waals surface area contributed by atoms with Crippen molar-refractivity contribution in [2.45, 2.75) is 12.1 Å². The molecule has 0 aliphatic heterocycles. The topological polar surface area (TPSA) is 74.6 Å². The van der Waals surface area contributed by atoms with Gasteiger partial charge in [-0.15, -0.1) is 0 Å². The second-order valence-corrected chi connectivity index (χ2v) is 3.23. The SMILES string of the molecule is O=C(O)C(C(=O)O)c1cccc(C(F)(F)F)c1.[NaH]. The fraction of sp³-hybridized carbons (Fsp3) is 0.200. The molecule has 1 rings (SSSR count). The number of carboxylic acids is 2. The van der Waals surface area contributed by atoms with E-state index in [1.807, 2.05) is 0 Å². The molecule has 0 aliphatic rings. The number of carbonyl (C=O) groups is 2. The molecule has 0 spiro atoms. The first-order chi connectivity index (χ1) is 7.73. The first-order valence-electron chi connectivity index (χ1n) is 4.36. The number of aliphatic carboxylic acids is 2. The van der Waals surface area contributed by atoms with E-state index < -0.39 is 35.2 Å².